The molecule has 0 saturated heterocycles. The zero-order valence-electron chi connectivity index (χ0n) is 7.73. The van der Waals surface area contributed by atoms with E-state index in [1.807, 2.05) is 6.92 Å². The predicted molar refractivity (Wildman–Crippen MR) is 52.0 cm³/mol. The van der Waals surface area contributed by atoms with Crippen molar-refractivity contribution in [2.45, 2.75) is 19.8 Å². The average Bonchev–Trinajstić information content (AvgIpc) is 2.12. The van der Waals surface area contributed by atoms with Gasteiger partial charge in [0.2, 0.25) is 0 Å². The first kappa shape index (κ1) is 10.3. The Labute approximate surface area is 82.5 Å². The van der Waals surface area contributed by atoms with E-state index in [-0.39, 0.29) is 5.82 Å². The van der Waals surface area contributed by atoms with E-state index in [2.05, 4.69) is 0 Å². The highest BCUT2D eigenvalue weighted by molar-refractivity contribution is 6.32. The third-order valence-corrected chi connectivity index (χ3v) is 2.28. The smallest absolute Gasteiger partial charge is 0.137 e. The Bertz CT molecular complexity index is 299. The summed E-state index contributed by atoms with van der Waals surface area (Å²) < 4.78 is 18.2. The minimum atomic E-state index is -0.257. The van der Waals surface area contributed by atoms with Crippen molar-refractivity contribution in [3.8, 4) is 5.75 Å². The summed E-state index contributed by atoms with van der Waals surface area (Å²) in [7, 11) is 1.52. The number of ether oxygens (including phenoxy) is 1. The van der Waals surface area contributed by atoms with Crippen LogP contribution in [0.2, 0.25) is 5.02 Å². The van der Waals surface area contributed by atoms with E-state index in [9.17, 15) is 4.39 Å². The molecule has 1 aromatic rings. The molecule has 0 saturated carbocycles. The molecule has 0 amide bonds. The van der Waals surface area contributed by atoms with Crippen molar-refractivity contribution in [3.05, 3.63) is 28.5 Å². The number of hydrogen-bond donors (Lipinski definition) is 0. The van der Waals surface area contributed by atoms with Gasteiger partial charge in [-0.1, -0.05) is 24.9 Å². The van der Waals surface area contributed by atoms with Gasteiger partial charge in [-0.2, -0.15) is 0 Å². The number of methoxy groups -OCH3 is 1. The average molecular weight is 203 g/mol. The van der Waals surface area contributed by atoms with E-state index in [1.54, 1.807) is 0 Å². The molecule has 1 aromatic carbocycles. The third-order valence-electron chi connectivity index (χ3n) is 1.87. The van der Waals surface area contributed by atoms with Crippen LogP contribution in [0, 0.1) is 5.82 Å². The molecule has 0 bridgehead atoms. The van der Waals surface area contributed by atoms with E-state index in [4.69, 9.17) is 16.3 Å². The highest BCUT2D eigenvalue weighted by Crippen LogP contribution is 2.30. The lowest BCUT2D eigenvalue weighted by molar-refractivity contribution is 0.413. The molecule has 0 aliphatic heterocycles. The molecule has 0 N–H and O–H groups in total. The molecule has 0 unspecified atom stereocenters. The van der Waals surface area contributed by atoms with Gasteiger partial charge >= 0.3 is 0 Å². The van der Waals surface area contributed by atoms with Crippen LogP contribution in [0.5, 0.6) is 5.75 Å². The van der Waals surface area contributed by atoms with Gasteiger partial charge in [0.1, 0.15) is 11.6 Å². The fraction of sp³-hybridized carbons (Fsp3) is 0.400. The fourth-order valence-electron chi connectivity index (χ4n) is 1.21. The summed E-state index contributed by atoms with van der Waals surface area (Å²) in [5.41, 5.74) is 0.545. The Hall–Kier alpha value is -0.760. The van der Waals surface area contributed by atoms with Crippen LogP contribution in [-0.2, 0) is 6.42 Å². The predicted octanol–water partition coefficient (Wildman–Crippen LogP) is 3.44. The largest absolute Gasteiger partial charge is 0.495 e. The maximum Gasteiger partial charge on any atom is 0.137 e. The highest BCUT2D eigenvalue weighted by atomic mass is 35.5. The van der Waals surface area contributed by atoms with Crippen LogP contribution in [0.4, 0.5) is 4.39 Å². The highest BCUT2D eigenvalue weighted by Gasteiger charge is 2.10. The lowest BCUT2D eigenvalue weighted by atomic mass is 10.1. The van der Waals surface area contributed by atoms with Crippen molar-refractivity contribution in [1.29, 1.82) is 0 Å². The first-order chi connectivity index (χ1) is 6.20. The lowest BCUT2D eigenvalue weighted by Crippen LogP contribution is -1.94. The van der Waals surface area contributed by atoms with E-state index < -0.39 is 0 Å². The van der Waals surface area contributed by atoms with Crippen molar-refractivity contribution < 1.29 is 9.13 Å². The Balaban J connectivity index is 3.13. The Morgan fingerprint density at radius 2 is 2.15 bits per heavy atom. The first-order valence-electron chi connectivity index (χ1n) is 4.21. The molecule has 0 aliphatic carbocycles. The second kappa shape index (κ2) is 4.47. The number of benzene rings is 1. The molecule has 0 aromatic heterocycles. The normalized spacial score (nSPS) is 10.2. The molecule has 0 radical (unpaired) electrons. The molecule has 0 fully saturated rings. The topological polar surface area (TPSA) is 9.23 Å². The van der Waals surface area contributed by atoms with Crippen LogP contribution < -0.4 is 4.74 Å². The Morgan fingerprint density at radius 3 is 2.69 bits per heavy atom. The monoisotopic (exact) mass is 202 g/mol. The van der Waals surface area contributed by atoms with E-state index in [0.29, 0.717) is 22.8 Å². The summed E-state index contributed by atoms with van der Waals surface area (Å²) in [5.74, 6) is 0.277. The second-order valence-electron chi connectivity index (χ2n) is 2.79. The molecule has 0 atom stereocenters. The number of halogens is 2. The van der Waals surface area contributed by atoms with Crippen LogP contribution >= 0.6 is 11.6 Å². The van der Waals surface area contributed by atoms with Gasteiger partial charge in [0.25, 0.3) is 0 Å². The molecular formula is C10H12ClFO. The van der Waals surface area contributed by atoms with Gasteiger partial charge in [-0.3, -0.25) is 0 Å². The van der Waals surface area contributed by atoms with Crippen molar-refractivity contribution in [3.63, 3.8) is 0 Å². The second-order valence-corrected chi connectivity index (χ2v) is 3.17. The minimum Gasteiger partial charge on any atom is -0.495 e. The summed E-state index contributed by atoms with van der Waals surface area (Å²) in [6.07, 6.45) is 1.51. The van der Waals surface area contributed by atoms with Gasteiger partial charge in [0, 0.05) is 5.56 Å². The molecule has 1 rings (SSSR count). The molecule has 1 nitrogen and oxygen atoms in total. The molecule has 3 heteroatoms. The number of hydrogen-bond acceptors (Lipinski definition) is 1. The van der Waals surface area contributed by atoms with Crippen LogP contribution in [0.15, 0.2) is 12.1 Å². The maximum atomic E-state index is 13.2. The van der Waals surface area contributed by atoms with Gasteiger partial charge < -0.3 is 4.74 Å². The fourth-order valence-corrected chi connectivity index (χ4v) is 1.54. The Morgan fingerprint density at radius 1 is 1.46 bits per heavy atom. The SMILES string of the molecule is CCCc1c(F)ccc(OC)c1Cl. The summed E-state index contributed by atoms with van der Waals surface area (Å²) in [4.78, 5) is 0. The van der Waals surface area contributed by atoms with Gasteiger partial charge in [0.05, 0.1) is 12.1 Å². The molecule has 0 heterocycles. The zero-order valence-corrected chi connectivity index (χ0v) is 8.49. The van der Waals surface area contributed by atoms with Crippen molar-refractivity contribution in [2.75, 3.05) is 7.11 Å². The standard InChI is InChI=1S/C10H12ClFO/c1-3-4-7-8(12)5-6-9(13-2)10(7)11/h5-6H,3-4H2,1-2H3. The molecule has 0 aliphatic rings. The van der Waals surface area contributed by atoms with Crippen LogP contribution in [0.1, 0.15) is 18.9 Å². The van der Waals surface area contributed by atoms with E-state index in [0.717, 1.165) is 6.42 Å². The Kier molecular flexibility index (Phi) is 3.55. The van der Waals surface area contributed by atoms with Crippen LogP contribution in [0.3, 0.4) is 0 Å². The zero-order chi connectivity index (χ0) is 9.84. The third kappa shape index (κ3) is 2.13. The van der Waals surface area contributed by atoms with Crippen molar-refractivity contribution >= 4 is 11.6 Å². The summed E-state index contributed by atoms with van der Waals surface area (Å²) >= 11 is 5.93. The summed E-state index contributed by atoms with van der Waals surface area (Å²) in [6, 6.07) is 2.92. The molecule has 13 heavy (non-hydrogen) atoms. The quantitative estimate of drug-likeness (QED) is 0.730. The summed E-state index contributed by atoms with van der Waals surface area (Å²) in [5, 5.41) is 0.393. The van der Waals surface area contributed by atoms with Gasteiger partial charge in [-0.05, 0) is 18.6 Å². The molecule has 0 spiro atoms. The van der Waals surface area contributed by atoms with E-state index >= 15 is 0 Å². The first-order valence-corrected chi connectivity index (χ1v) is 4.59. The van der Waals surface area contributed by atoms with Crippen molar-refractivity contribution in [1.82, 2.24) is 0 Å². The van der Waals surface area contributed by atoms with Gasteiger partial charge in [-0.25, -0.2) is 4.39 Å². The van der Waals surface area contributed by atoms with Crippen molar-refractivity contribution in [2.24, 2.45) is 0 Å². The minimum absolute atomic E-state index is 0.257. The van der Waals surface area contributed by atoms with Crippen LogP contribution in [0.25, 0.3) is 0 Å². The maximum absolute atomic E-state index is 13.2. The van der Waals surface area contributed by atoms with Gasteiger partial charge in [-0.15, -0.1) is 0 Å². The van der Waals surface area contributed by atoms with Crippen LogP contribution in [-0.4, -0.2) is 7.11 Å². The lowest BCUT2D eigenvalue weighted by Gasteiger charge is -2.08. The number of rotatable bonds is 3. The summed E-state index contributed by atoms with van der Waals surface area (Å²) in [6.45, 7) is 1.98. The molecule has 72 valence electrons. The van der Waals surface area contributed by atoms with Gasteiger partial charge in [0.15, 0.2) is 0 Å². The van der Waals surface area contributed by atoms with E-state index in [1.165, 1.54) is 19.2 Å². The molecular weight excluding hydrogens is 191 g/mol.